The molecule has 0 atom stereocenters. The molecule has 88 valence electrons. The fourth-order valence-corrected chi connectivity index (χ4v) is 1.21. The number of rotatable bonds is 2. The van der Waals surface area contributed by atoms with Gasteiger partial charge in [-0.15, -0.1) is 0 Å². The van der Waals surface area contributed by atoms with Crippen molar-refractivity contribution in [3.05, 3.63) is 23.2 Å². The molecule has 0 amide bonds. The van der Waals surface area contributed by atoms with Crippen LogP contribution in [0.3, 0.4) is 0 Å². The van der Waals surface area contributed by atoms with Crippen LogP contribution in [0.1, 0.15) is 0 Å². The molecule has 0 saturated carbocycles. The fourth-order valence-electron chi connectivity index (χ4n) is 1.21. The first-order chi connectivity index (χ1) is 7.32. The van der Waals surface area contributed by atoms with Gasteiger partial charge in [-0.05, 0) is 0 Å². The predicted octanol–water partition coefficient (Wildman–Crippen LogP) is 1.13. The van der Waals surface area contributed by atoms with Crippen LogP contribution in [0.15, 0.2) is 23.2 Å². The second-order valence-corrected chi connectivity index (χ2v) is 2.81. The summed E-state index contributed by atoms with van der Waals surface area (Å²) in [5.74, 6) is -3.98. The smallest absolute Gasteiger partial charge is 0.423 e. The van der Waals surface area contributed by atoms with Gasteiger partial charge in [0.15, 0.2) is 17.3 Å². The summed E-state index contributed by atoms with van der Waals surface area (Å²) in [5.41, 5.74) is -1.61. The molecular formula is C9H7F3O4. The highest BCUT2D eigenvalue weighted by molar-refractivity contribution is 6.21. The molecule has 0 saturated heterocycles. The molecule has 0 spiro atoms. The first kappa shape index (κ1) is 12.3. The number of halogens is 3. The first-order valence-corrected chi connectivity index (χ1v) is 4.03. The Morgan fingerprint density at radius 2 is 1.69 bits per heavy atom. The monoisotopic (exact) mass is 236 g/mol. The van der Waals surface area contributed by atoms with Gasteiger partial charge in [0.05, 0.1) is 14.2 Å². The molecule has 0 aliphatic heterocycles. The Kier molecular flexibility index (Phi) is 3.06. The van der Waals surface area contributed by atoms with E-state index in [2.05, 4.69) is 9.47 Å². The van der Waals surface area contributed by atoms with Crippen LogP contribution in [0, 0.1) is 0 Å². The summed E-state index contributed by atoms with van der Waals surface area (Å²) >= 11 is 0. The van der Waals surface area contributed by atoms with Crippen molar-refractivity contribution >= 4 is 11.6 Å². The molecule has 1 aliphatic carbocycles. The van der Waals surface area contributed by atoms with Crippen molar-refractivity contribution in [1.29, 1.82) is 0 Å². The van der Waals surface area contributed by atoms with Gasteiger partial charge >= 0.3 is 6.18 Å². The van der Waals surface area contributed by atoms with Crippen molar-refractivity contribution in [2.45, 2.75) is 6.18 Å². The average Bonchev–Trinajstić information content (AvgIpc) is 2.18. The van der Waals surface area contributed by atoms with Crippen LogP contribution in [-0.2, 0) is 19.1 Å². The second kappa shape index (κ2) is 3.99. The summed E-state index contributed by atoms with van der Waals surface area (Å²) in [6, 6.07) is 0. The molecule has 1 rings (SSSR count). The van der Waals surface area contributed by atoms with Gasteiger partial charge in [0.1, 0.15) is 5.57 Å². The van der Waals surface area contributed by atoms with Crippen molar-refractivity contribution < 1.29 is 32.2 Å². The lowest BCUT2D eigenvalue weighted by molar-refractivity contribution is -0.132. The quantitative estimate of drug-likeness (QED) is 0.674. The molecule has 7 heteroatoms. The molecule has 0 radical (unpaired) electrons. The van der Waals surface area contributed by atoms with Crippen LogP contribution in [0.5, 0.6) is 0 Å². The van der Waals surface area contributed by atoms with Gasteiger partial charge in [-0.25, -0.2) is 0 Å². The van der Waals surface area contributed by atoms with Crippen molar-refractivity contribution in [3.63, 3.8) is 0 Å². The lowest BCUT2D eigenvalue weighted by Crippen LogP contribution is -2.29. The van der Waals surface area contributed by atoms with Crippen LogP contribution in [-0.4, -0.2) is 32.0 Å². The Labute approximate surface area is 88.3 Å². The van der Waals surface area contributed by atoms with Gasteiger partial charge in [-0.3, -0.25) is 9.59 Å². The van der Waals surface area contributed by atoms with Gasteiger partial charge in [0.25, 0.3) is 5.78 Å². The Hall–Kier alpha value is -1.79. The SMILES string of the molecule is COC1=CC(=O)C(C(F)(F)F)=C(OC)C1=O. The highest BCUT2D eigenvalue weighted by Crippen LogP contribution is 2.33. The molecule has 0 bridgehead atoms. The van der Waals surface area contributed by atoms with Crippen molar-refractivity contribution in [3.8, 4) is 0 Å². The number of methoxy groups -OCH3 is 2. The summed E-state index contributed by atoms with van der Waals surface area (Å²) in [7, 11) is 1.95. The Morgan fingerprint density at radius 1 is 1.12 bits per heavy atom. The Balaban J connectivity index is 3.34. The van der Waals surface area contributed by atoms with E-state index in [0.717, 1.165) is 14.2 Å². The maximum atomic E-state index is 12.5. The van der Waals surface area contributed by atoms with Gasteiger partial charge in [-0.2, -0.15) is 13.2 Å². The van der Waals surface area contributed by atoms with E-state index in [1.54, 1.807) is 0 Å². The van der Waals surface area contributed by atoms with Gasteiger partial charge in [-0.1, -0.05) is 0 Å². The first-order valence-electron chi connectivity index (χ1n) is 4.03. The molecule has 0 aromatic rings. The molecule has 0 aromatic carbocycles. The zero-order valence-corrected chi connectivity index (χ0v) is 8.34. The van der Waals surface area contributed by atoms with Crippen molar-refractivity contribution in [2.75, 3.05) is 14.2 Å². The number of hydrogen-bond donors (Lipinski definition) is 0. The number of hydrogen-bond acceptors (Lipinski definition) is 4. The standard InChI is InChI=1S/C9H7F3O4/c1-15-5-3-4(13)6(9(10,11)12)8(16-2)7(5)14/h3H,1-2H3. The number of ether oxygens (including phenoxy) is 2. The van der Waals surface area contributed by atoms with Crippen molar-refractivity contribution in [1.82, 2.24) is 0 Å². The molecule has 16 heavy (non-hydrogen) atoms. The van der Waals surface area contributed by atoms with E-state index in [0.29, 0.717) is 6.08 Å². The third-order valence-corrected chi connectivity index (χ3v) is 1.87. The molecule has 0 aromatic heterocycles. The summed E-state index contributed by atoms with van der Waals surface area (Å²) in [4.78, 5) is 22.5. The minimum absolute atomic E-state index is 0.477. The summed E-state index contributed by atoms with van der Waals surface area (Å²) in [5, 5.41) is 0. The van der Waals surface area contributed by atoms with E-state index in [-0.39, 0.29) is 0 Å². The van der Waals surface area contributed by atoms with Crippen LogP contribution < -0.4 is 0 Å². The number of Topliss-reactive ketones (excluding diaryl/α,β-unsaturated/α-hetero) is 1. The second-order valence-electron chi connectivity index (χ2n) is 2.81. The Morgan fingerprint density at radius 3 is 2.06 bits per heavy atom. The average molecular weight is 236 g/mol. The fraction of sp³-hybridized carbons (Fsp3) is 0.333. The van der Waals surface area contributed by atoms with Gasteiger partial charge in [0, 0.05) is 6.08 Å². The highest BCUT2D eigenvalue weighted by Gasteiger charge is 2.46. The van der Waals surface area contributed by atoms with Gasteiger partial charge < -0.3 is 9.47 Å². The lowest BCUT2D eigenvalue weighted by atomic mass is 10.00. The predicted molar refractivity (Wildman–Crippen MR) is 45.2 cm³/mol. The molecule has 0 fully saturated rings. The number of ketones is 2. The highest BCUT2D eigenvalue weighted by atomic mass is 19.4. The molecule has 4 nitrogen and oxygen atoms in total. The van der Waals surface area contributed by atoms with Gasteiger partial charge in [0.2, 0.25) is 0 Å². The number of carbonyl (C=O) groups is 2. The zero-order valence-electron chi connectivity index (χ0n) is 8.34. The molecular weight excluding hydrogens is 229 g/mol. The van der Waals surface area contributed by atoms with E-state index >= 15 is 0 Å². The largest absolute Gasteiger partial charge is 0.492 e. The summed E-state index contributed by atoms with van der Waals surface area (Å²) in [6.45, 7) is 0. The van der Waals surface area contributed by atoms with E-state index in [1.807, 2.05) is 0 Å². The van der Waals surface area contributed by atoms with E-state index in [1.165, 1.54) is 0 Å². The number of carbonyl (C=O) groups excluding carboxylic acids is 2. The minimum atomic E-state index is -4.94. The summed E-state index contributed by atoms with van der Waals surface area (Å²) in [6.07, 6.45) is -4.44. The zero-order chi connectivity index (χ0) is 12.5. The molecule has 0 unspecified atom stereocenters. The van der Waals surface area contributed by atoms with Crippen LogP contribution >= 0.6 is 0 Å². The molecule has 1 aliphatic rings. The Bertz CT molecular complexity index is 403. The maximum Gasteiger partial charge on any atom is 0.423 e. The minimum Gasteiger partial charge on any atom is -0.492 e. The third-order valence-electron chi connectivity index (χ3n) is 1.87. The topological polar surface area (TPSA) is 52.6 Å². The normalized spacial score (nSPS) is 17.4. The van der Waals surface area contributed by atoms with Crippen LogP contribution in [0.25, 0.3) is 0 Å². The maximum absolute atomic E-state index is 12.5. The van der Waals surface area contributed by atoms with E-state index in [4.69, 9.17) is 0 Å². The number of allylic oxidation sites excluding steroid dienone is 2. The third kappa shape index (κ3) is 1.93. The number of alkyl halides is 3. The molecule has 0 N–H and O–H groups in total. The lowest BCUT2D eigenvalue weighted by Gasteiger charge is -2.18. The van der Waals surface area contributed by atoms with Crippen molar-refractivity contribution in [2.24, 2.45) is 0 Å². The summed E-state index contributed by atoms with van der Waals surface area (Å²) < 4.78 is 46.1. The van der Waals surface area contributed by atoms with Crippen LogP contribution in [0.4, 0.5) is 13.2 Å². The molecule has 0 heterocycles. The van der Waals surface area contributed by atoms with E-state index in [9.17, 15) is 22.8 Å². The van der Waals surface area contributed by atoms with E-state index < -0.39 is 34.8 Å². The van der Waals surface area contributed by atoms with Crippen LogP contribution in [0.2, 0.25) is 0 Å².